The zero-order valence-electron chi connectivity index (χ0n) is 29.9. The third-order valence-electron chi connectivity index (χ3n) is 11.0. The molecule has 2 aromatic heterocycles. The summed E-state index contributed by atoms with van der Waals surface area (Å²) >= 11 is 0.362. The Labute approximate surface area is 325 Å². The zero-order valence-corrected chi connectivity index (χ0v) is 31.6. The molecule has 0 saturated heterocycles. The van der Waals surface area contributed by atoms with E-state index in [-0.39, 0.29) is 0 Å². The molecule has 55 heavy (non-hydrogen) atoms. The summed E-state index contributed by atoms with van der Waals surface area (Å²) in [6.45, 7) is 0. The van der Waals surface area contributed by atoms with E-state index >= 15 is 0 Å². The number of anilines is 3. The smallest absolute Gasteiger partial charge is 0.0602 e. The maximum absolute atomic E-state index is 2.43. The van der Waals surface area contributed by atoms with Gasteiger partial charge in [-0.25, -0.2) is 0 Å². The quantitative estimate of drug-likeness (QED) is 0.153. The Kier molecular flexibility index (Phi) is 7.55. The zero-order chi connectivity index (χ0) is 36.3. The molecule has 3 heteroatoms. The monoisotopic (exact) mass is 766 g/mol. The van der Waals surface area contributed by atoms with Crippen LogP contribution in [0.15, 0.2) is 206 Å². The number of benzene rings is 9. The Bertz CT molecular complexity index is 3210. The van der Waals surface area contributed by atoms with Crippen molar-refractivity contribution in [2.45, 2.75) is 0 Å². The van der Waals surface area contributed by atoms with Gasteiger partial charge in [-0.2, -0.15) is 0 Å². The van der Waals surface area contributed by atoms with E-state index in [0.29, 0.717) is 14.5 Å². The Morgan fingerprint density at radius 2 is 1.02 bits per heavy atom. The van der Waals surface area contributed by atoms with Crippen molar-refractivity contribution < 1.29 is 0 Å². The van der Waals surface area contributed by atoms with Gasteiger partial charge in [-0.1, -0.05) is 78.9 Å². The van der Waals surface area contributed by atoms with Crippen LogP contribution in [0.5, 0.6) is 0 Å². The van der Waals surface area contributed by atoms with Gasteiger partial charge in [-0.05, 0) is 35.0 Å². The van der Waals surface area contributed by atoms with Crippen LogP contribution in [0.3, 0.4) is 0 Å². The number of rotatable bonds is 6. The summed E-state index contributed by atoms with van der Waals surface area (Å²) in [4.78, 5) is 2.43. The van der Waals surface area contributed by atoms with Gasteiger partial charge in [0.25, 0.3) is 0 Å². The molecular formula is C52H34N2Se. The second-order valence-electron chi connectivity index (χ2n) is 14.2. The van der Waals surface area contributed by atoms with E-state index < -0.39 is 0 Å². The minimum atomic E-state index is 0.362. The van der Waals surface area contributed by atoms with E-state index in [1.165, 1.54) is 74.1 Å². The van der Waals surface area contributed by atoms with Gasteiger partial charge in [-0.3, -0.25) is 0 Å². The van der Waals surface area contributed by atoms with E-state index in [1.54, 1.807) is 0 Å². The predicted molar refractivity (Wildman–Crippen MR) is 236 cm³/mol. The minimum Gasteiger partial charge on any atom is -0.0602 e. The first-order chi connectivity index (χ1) is 27.3. The number of hydrogen-bond donors (Lipinski definition) is 0. The van der Waals surface area contributed by atoms with Crippen molar-refractivity contribution in [3.63, 3.8) is 0 Å². The Morgan fingerprint density at radius 1 is 0.364 bits per heavy atom. The summed E-state index contributed by atoms with van der Waals surface area (Å²) < 4.78 is 5.34. The van der Waals surface area contributed by atoms with Gasteiger partial charge in [0.1, 0.15) is 0 Å². The van der Waals surface area contributed by atoms with Crippen LogP contribution >= 0.6 is 0 Å². The Morgan fingerprint density at radius 3 is 1.91 bits per heavy atom. The standard InChI is InChI=1S/C52H34N2Se/c1-2-14-40(15-3-1)54-49-20-10-7-17-44(49)45-30-29-42(34-50(45)54)53(48-19-9-6-16-43(48)39-23-22-35-12-4-5-13-37(35)32-39)41-27-24-36(25-28-41)38-26-31-52-47(33-38)46-18-8-11-21-51(46)55-52/h1-34H. The van der Waals surface area contributed by atoms with Gasteiger partial charge in [0.2, 0.25) is 0 Å². The van der Waals surface area contributed by atoms with Gasteiger partial charge in [0.15, 0.2) is 0 Å². The normalized spacial score (nSPS) is 11.6. The van der Waals surface area contributed by atoms with Crippen LogP contribution in [0.4, 0.5) is 17.1 Å². The third-order valence-corrected chi connectivity index (χ3v) is 13.4. The number of fused-ring (bicyclic) bond motifs is 7. The van der Waals surface area contributed by atoms with E-state index in [0.717, 1.165) is 22.7 Å². The average molecular weight is 766 g/mol. The van der Waals surface area contributed by atoms with Crippen molar-refractivity contribution in [2.24, 2.45) is 0 Å². The molecule has 0 atom stereocenters. The van der Waals surface area contributed by atoms with Crippen LogP contribution in [0.2, 0.25) is 0 Å². The van der Waals surface area contributed by atoms with Crippen molar-refractivity contribution in [1.82, 2.24) is 4.57 Å². The molecule has 0 fully saturated rings. The van der Waals surface area contributed by atoms with Gasteiger partial charge < -0.3 is 4.57 Å². The summed E-state index contributed by atoms with van der Waals surface area (Å²) in [5, 5.41) is 7.73. The summed E-state index contributed by atoms with van der Waals surface area (Å²) in [5.74, 6) is 0. The van der Waals surface area contributed by atoms with Crippen LogP contribution in [0, 0.1) is 0 Å². The first-order valence-corrected chi connectivity index (χ1v) is 20.5. The van der Waals surface area contributed by atoms with Crippen LogP contribution in [0.25, 0.3) is 79.8 Å². The Hall–Kier alpha value is -6.64. The summed E-state index contributed by atoms with van der Waals surface area (Å²) in [5.41, 5.74) is 11.7. The third kappa shape index (κ3) is 5.40. The van der Waals surface area contributed by atoms with E-state index in [1.807, 2.05) is 0 Å². The molecule has 0 radical (unpaired) electrons. The van der Waals surface area contributed by atoms with Crippen LogP contribution < -0.4 is 4.90 Å². The molecule has 2 heterocycles. The number of nitrogens with zero attached hydrogens (tertiary/aromatic N) is 2. The van der Waals surface area contributed by atoms with Crippen molar-refractivity contribution >= 4 is 83.4 Å². The van der Waals surface area contributed by atoms with Crippen LogP contribution in [-0.2, 0) is 0 Å². The van der Waals surface area contributed by atoms with Gasteiger partial charge in [-0.15, -0.1) is 0 Å². The average Bonchev–Trinajstić information content (AvgIpc) is 3.79. The molecule has 0 N–H and O–H groups in total. The molecule has 258 valence electrons. The molecule has 9 aromatic carbocycles. The molecule has 0 saturated carbocycles. The Balaban J connectivity index is 1.11. The molecule has 0 aliphatic heterocycles. The van der Waals surface area contributed by atoms with E-state index in [2.05, 4.69) is 216 Å². The van der Waals surface area contributed by atoms with Crippen molar-refractivity contribution in [1.29, 1.82) is 0 Å². The molecule has 0 spiro atoms. The van der Waals surface area contributed by atoms with E-state index in [9.17, 15) is 0 Å². The molecule has 2 nitrogen and oxygen atoms in total. The maximum atomic E-state index is 2.43. The van der Waals surface area contributed by atoms with Gasteiger partial charge in [0.05, 0.1) is 5.52 Å². The SMILES string of the molecule is c1ccc(-n2c3ccccc3c3ccc(N(c4ccc(-c5ccc6[se]c7ccccc7c6c5)cc4)c4ccccc4-c4ccc5ccccc5c4)cc32)cc1. The molecule has 11 aromatic rings. The fourth-order valence-corrected chi connectivity index (χ4v) is 10.6. The molecule has 0 bridgehead atoms. The number of hydrogen-bond acceptors (Lipinski definition) is 1. The van der Waals surface area contributed by atoms with Gasteiger partial charge >= 0.3 is 187 Å². The first-order valence-electron chi connectivity index (χ1n) is 18.8. The molecular weight excluding hydrogens is 732 g/mol. The minimum absolute atomic E-state index is 0.362. The molecule has 0 unspecified atom stereocenters. The second kappa shape index (κ2) is 13.0. The topological polar surface area (TPSA) is 8.17 Å². The number of para-hydroxylation sites is 3. The van der Waals surface area contributed by atoms with Crippen LogP contribution in [0.1, 0.15) is 0 Å². The number of aromatic nitrogens is 1. The van der Waals surface area contributed by atoms with Crippen LogP contribution in [-0.4, -0.2) is 19.1 Å². The molecule has 0 aliphatic rings. The van der Waals surface area contributed by atoms with Crippen molar-refractivity contribution in [3.8, 4) is 27.9 Å². The molecule has 0 amide bonds. The fourth-order valence-electron chi connectivity index (χ4n) is 8.36. The second-order valence-corrected chi connectivity index (χ2v) is 16.4. The summed E-state index contributed by atoms with van der Waals surface area (Å²) in [6, 6.07) is 75.7. The van der Waals surface area contributed by atoms with E-state index in [4.69, 9.17) is 0 Å². The fraction of sp³-hybridized carbons (Fsp3) is 0. The molecule has 0 aliphatic carbocycles. The first kappa shape index (κ1) is 31.8. The van der Waals surface area contributed by atoms with Crippen molar-refractivity contribution in [2.75, 3.05) is 4.90 Å². The van der Waals surface area contributed by atoms with Gasteiger partial charge in [0, 0.05) is 16.5 Å². The summed E-state index contributed by atoms with van der Waals surface area (Å²) in [7, 11) is 0. The predicted octanol–water partition coefficient (Wildman–Crippen LogP) is 14.1. The summed E-state index contributed by atoms with van der Waals surface area (Å²) in [6.07, 6.45) is 0. The molecule has 11 rings (SSSR count). The van der Waals surface area contributed by atoms with Crippen molar-refractivity contribution in [3.05, 3.63) is 206 Å².